The summed E-state index contributed by atoms with van der Waals surface area (Å²) < 4.78 is 0. The third-order valence-corrected chi connectivity index (χ3v) is 8.36. The molecule has 8 nitrogen and oxygen atoms in total. The van der Waals surface area contributed by atoms with Crippen molar-refractivity contribution in [3.05, 3.63) is 57.3 Å². The Labute approximate surface area is 221 Å². The van der Waals surface area contributed by atoms with Gasteiger partial charge in [-0.2, -0.15) is 0 Å². The summed E-state index contributed by atoms with van der Waals surface area (Å²) in [5, 5.41) is 9.71. The molecule has 3 fully saturated rings. The maximum atomic E-state index is 13.5. The number of aliphatic imine (C=N–C) groups is 1. The van der Waals surface area contributed by atoms with Crippen LogP contribution >= 0.6 is 11.6 Å². The first-order valence-electron chi connectivity index (χ1n) is 13.1. The molecule has 2 saturated carbocycles. The predicted octanol–water partition coefficient (Wildman–Crippen LogP) is 3.79. The zero-order chi connectivity index (χ0) is 26.3. The van der Waals surface area contributed by atoms with Crippen molar-refractivity contribution < 1.29 is 19.5 Å². The molecule has 196 valence electrons. The summed E-state index contributed by atoms with van der Waals surface area (Å²) in [5.74, 6) is -1.54. The number of likely N-dealkylation sites (tertiary alicyclic amines) is 1. The third-order valence-electron chi connectivity index (χ3n) is 8.05. The minimum Gasteiger partial charge on any atom is -0.481 e. The van der Waals surface area contributed by atoms with E-state index in [9.17, 15) is 19.5 Å². The fraction of sp³-hybridized carbons (Fsp3) is 0.500. The second-order valence-corrected chi connectivity index (χ2v) is 11.1. The van der Waals surface area contributed by atoms with Crippen molar-refractivity contribution in [1.29, 1.82) is 0 Å². The van der Waals surface area contributed by atoms with Crippen molar-refractivity contribution in [3.63, 3.8) is 0 Å². The SMILES string of the molecule is NC(C1=CCC(C(=O)O)CC1)=C1CCC(C(=O)N2CC(N)C2)CC1=NC(=O)c1c(Cl)cccc1C1CC1. The number of rotatable bonds is 5. The molecule has 1 aliphatic heterocycles. The third kappa shape index (κ3) is 5.36. The van der Waals surface area contributed by atoms with E-state index in [2.05, 4.69) is 4.99 Å². The molecule has 0 spiro atoms. The highest BCUT2D eigenvalue weighted by Gasteiger charge is 2.37. The van der Waals surface area contributed by atoms with Crippen LogP contribution in [0.1, 0.15) is 73.2 Å². The lowest BCUT2D eigenvalue weighted by Gasteiger charge is -2.40. The molecule has 2 atom stereocenters. The first-order chi connectivity index (χ1) is 17.7. The Morgan fingerprint density at radius 3 is 2.41 bits per heavy atom. The summed E-state index contributed by atoms with van der Waals surface area (Å²) in [6.45, 7) is 1.10. The largest absolute Gasteiger partial charge is 0.481 e. The van der Waals surface area contributed by atoms with Gasteiger partial charge in [0.05, 0.1) is 22.2 Å². The predicted molar refractivity (Wildman–Crippen MR) is 141 cm³/mol. The number of allylic oxidation sites excluding steroid dienone is 3. The lowest BCUT2D eigenvalue weighted by molar-refractivity contribution is -0.142. The Balaban J connectivity index is 1.48. The van der Waals surface area contributed by atoms with E-state index in [1.165, 1.54) is 0 Å². The van der Waals surface area contributed by atoms with Gasteiger partial charge in [-0.1, -0.05) is 29.8 Å². The van der Waals surface area contributed by atoms with E-state index in [1.54, 1.807) is 11.0 Å². The molecule has 2 amide bonds. The summed E-state index contributed by atoms with van der Waals surface area (Å²) in [6.07, 6.45) is 6.88. The van der Waals surface area contributed by atoms with Crippen LogP contribution in [0, 0.1) is 11.8 Å². The van der Waals surface area contributed by atoms with Crippen LogP contribution < -0.4 is 11.5 Å². The van der Waals surface area contributed by atoms with Gasteiger partial charge in [0.2, 0.25) is 5.91 Å². The molecule has 1 aromatic rings. The summed E-state index contributed by atoms with van der Waals surface area (Å²) in [5.41, 5.74) is 16.6. The molecule has 0 radical (unpaired) electrons. The van der Waals surface area contributed by atoms with E-state index in [-0.39, 0.29) is 17.9 Å². The van der Waals surface area contributed by atoms with Gasteiger partial charge in [-0.25, -0.2) is 4.99 Å². The number of carboxylic acid groups (broad SMARTS) is 1. The summed E-state index contributed by atoms with van der Waals surface area (Å²) in [4.78, 5) is 44.4. The molecule has 1 saturated heterocycles. The molecule has 3 aliphatic carbocycles. The second kappa shape index (κ2) is 10.4. The van der Waals surface area contributed by atoms with Gasteiger partial charge in [0, 0.05) is 37.2 Å². The van der Waals surface area contributed by atoms with Gasteiger partial charge in [0.25, 0.3) is 5.91 Å². The lowest BCUT2D eigenvalue weighted by Crippen LogP contribution is -2.59. The Morgan fingerprint density at radius 2 is 1.78 bits per heavy atom. The minimum atomic E-state index is -0.801. The second-order valence-electron chi connectivity index (χ2n) is 10.7. The van der Waals surface area contributed by atoms with Gasteiger partial charge in [-0.05, 0) is 73.6 Å². The number of aliphatic carboxylic acids is 1. The smallest absolute Gasteiger partial charge is 0.306 e. The van der Waals surface area contributed by atoms with E-state index in [0.29, 0.717) is 79.5 Å². The number of benzene rings is 1. The fourth-order valence-corrected chi connectivity index (χ4v) is 5.93. The van der Waals surface area contributed by atoms with Crippen LogP contribution in [0.3, 0.4) is 0 Å². The first kappa shape index (κ1) is 25.7. The molecular formula is C28H33ClN4O4. The van der Waals surface area contributed by atoms with Crippen molar-refractivity contribution in [1.82, 2.24) is 4.90 Å². The molecule has 2 unspecified atom stereocenters. The normalized spacial score (nSPS) is 26.9. The van der Waals surface area contributed by atoms with Crippen LogP contribution in [0.5, 0.6) is 0 Å². The van der Waals surface area contributed by atoms with Gasteiger partial charge >= 0.3 is 5.97 Å². The molecule has 0 bridgehead atoms. The number of nitrogens with zero attached hydrogens (tertiary/aromatic N) is 2. The van der Waals surface area contributed by atoms with Gasteiger partial charge in [-0.15, -0.1) is 0 Å². The minimum absolute atomic E-state index is 0.0160. The molecular weight excluding hydrogens is 492 g/mol. The highest BCUT2D eigenvalue weighted by atomic mass is 35.5. The van der Waals surface area contributed by atoms with Crippen LogP contribution in [-0.2, 0) is 9.59 Å². The topological polar surface area (TPSA) is 139 Å². The number of nitrogens with two attached hydrogens (primary N) is 2. The van der Waals surface area contributed by atoms with Gasteiger partial charge < -0.3 is 21.5 Å². The number of hydrogen-bond acceptors (Lipinski definition) is 5. The number of halogens is 1. The average Bonchev–Trinajstić information content (AvgIpc) is 3.71. The van der Waals surface area contributed by atoms with E-state index >= 15 is 0 Å². The highest BCUT2D eigenvalue weighted by Crippen LogP contribution is 2.43. The zero-order valence-electron chi connectivity index (χ0n) is 20.8. The van der Waals surface area contributed by atoms with Crippen molar-refractivity contribution in [2.45, 2.75) is 63.3 Å². The standard InChI is InChI=1S/C28H33ClN4O4/c29-22-3-1-2-20(15-4-5-15)24(22)26(34)32-23-12-18(27(35)33-13-19(30)14-33)10-11-21(23)25(31)16-6-8-17(9-7-16)28(36)37/h1-3,6,15,17-19H,4-5,7-14,30-31H2,(H,36,37). The van der Waals surface area contributed by atoms with Gasteiger partial charge in [0.15, 0.2) is 0 Å². The van der Waals surface area contributed by atoms with Crippen molar-refractivity contribution in [3.8, 4) is 0 Å². The van der Waals surface area contributed by atoms with E-state index in [0.717, 1.165) is 29.6 Å². The Kier molecular flexibility index (Phi) is 7.23. The number of hydrogen-bond donors (Lipinski definition) is 3. The zero-order valence-corrected chi connectivity index (χ0v) is 21.5. The Bertz CT molecular complexity index is 1230. The summed E-state index contributed by atoms with van der Waals surface area (Å²) in [7, 11) is 0. The quantitative estimate of drug-likeness (QED) is 0.535. The van der Waals surface area contributed by atoms with E-state index in [4.69, 9.17) is 23.1 Å². The Morgan fingerprint density at radius 1 is 1.05 bits per heavy atom. The Hall–Kier alpha value is -2.97. The fourth-order valence-electron chi connectivity index (χ4n) is 5.66. The number of carboxylic acids is 1. The van der Waals surface area contributed by atoms with Crippen LogP contribution in [0.2, 0.25) is 5.02 Å². The van der Waals surface area contributed by atoms with Crippen LogP contribution in [0.4, 0.5) is 0 Å². The van der Waals surface area contributed by atoms with Crippen LogP contribution in [0.25, 0.3) is 0 Å². The molecule has 0 aromatic heterocycles. The van der Waals surface area contributed by atoms with Crippen LogP contribution in [-0.4, -0.2) is 52.6 Å². The summed E-state index contributed by atoms with van der Waals surface area (Å²) in [6, 6.07) is 5.52. The monoisotopic (exact) mass is 524 g/mol. The highest BCUT2D eigenvalue weighted by molar-refractivity contribution is 6.34. The van der Waals surface area contributed by atoms with E-state index in [1.807, 2.05) is 18.2 Å². The van der Waals surface area contributed by atoms with Crippen molar-refractivity contribution in [2.24, 2.45) is 28.3 Å². The average molecular weight is 525 g/mol. The summed E-state index contributed by atoms with van der Waals surface area (Å²) >= 11 is 6.48. The van der Waals surface area contributed by atoms with Gasteiger partial charge in [-0.3, -0.25) is 14.4 Å². The number of amides is 2. The molecule has 1 heterocycles. The maximum absolute atomic E-state index is 13.5. The van der Waals surface area contributed by atoms with Gasteiger partial charge in [0.1, 0.15) is 0 Å². The molecule has 1 aromatic carbocycles. The molecule has 5 N–H and O–H groups in total. The number of carbonyl (C=O) groups excluding carboxylic acids is 2. The first-order valence-corrected chi connectivity index (χ1v) is 13.5. The molecule has 37 heavy (non-hydrogen) atoms. The van der Waals surface area contributed by atoms with Crippen molar-refractivity contribution >= 4 is 35.1 Å². The lowest BCUT2D eigenvalue weighted by atomic mass is 9.79. The van der Waals surface area contributed by atoms with E-state index < -0.39 is 17.8 Å². The maximum Gasteiger partial charge on any atom is 0.306 e. The van der Waals surface area contributed by atoms with Crippen molar-refractivity contribution in [2.75, 3.05) is 13.1 Å². The molecule has 4 aliphatic rings. The molecule has 9 heteroatoms. The van der Waals surface area contributed by atoms with Crippen LogP contribution in [0.15, 0.2) is 46.1 Å². The molecule has 5 rings (SSSR count). The number of carbonyl (C=O) groups is 3.